The van der Waals surface area contributed by atoms with Crippen molar-refractivity contribution in [2.24, 2.45) is 0 Å². The lowest BCUT2D eigenvalue weighted by Gasteiger charge is -1.96. The van der Waals surface area contributed by atoms with E-state index < -0.39 is 5.91 Å². The Balaban J connectivity index is 2.20. The predicted molar refractivity (Wildman–Crippen MR) is 68.1 cm³/mol. The van der Waals surface area contributed by atoms with Gasteiger partial charge in [0.15, 0.2) is 0 Å². The van der Waals surface area contributed by atoms with Gasteiger partial charge < -0.3 is 4.42 Å². The van der Waals surface area contributed by atoms with Gasteiger partial charge in [-0.15, -0.1) is 0 Å². The van der Waals surface area contributed by atoms with Crippen LogP contribution in [-0.4, -0.2) is 11.1 Å². The highest BCUT2D eigenvalue weighted by molar-refractivity contribution is 6.30. The van der Waals surface area contributed by atoms with Crippen LogP contribution in [0, 0.1) is 0 Å². The molecule has 1 aromatic carbocycles. The van der Waals surface area contributed by atoms with Crippen LogP contribution in [0.15, 0.2) is 46.9 Å². The van der Waals surface area contributed by atoms with Crippen molar-refractivity contribution in [3.8, 4) is 11.3 Å². The summed E-state index contributed by atoms with van der Waals surface area (Å²) in [6.07, 6.45) is 2.63. The van der Waals surface area contributed by atoms with Crippen molar-refractivity contribution >= 4 is 23.6 Å². The van der Waals surface area contributed by atoms with E-state index in [0.29, 0.717) is 16.5 Å². The number of furan rings is 1. The maximum Gasteiger partial charge on any atom is 0.267 e. The van der Waals surface area contributed by atoms with Gasteiger partial charge in [-0.2, -0.15) is 0 Å². The molecule has 0 unspecified atom stereocenters. The van der Waals surface area contributed by atoms with Crippen molar-refractivity contribution < 1.29 is 14.4 Å². The minimum atomic E-state index is -0.615. The normalized spacial score (nSPS) is 10.8. The van der Waals surface area contributed by atoms with E-state index >= 15 is 0 Å². The number of amides is 1. The number of halogens is 1. The number of rotatable bonds is 3. The first-order valence-electron chi connectivity index (χ1n) is 5.17. The highest BCUT2D eigenvalue weighted by Gasteiger charge is 2.03. The number of benzene rings is 1. The van der Waals surface area contributed by atoms with E-state index in [9.17, 15) is 4.79 Å². The van der Waals surface area contributed by atoms with Crippen LogP contribution in [0.4, 0.5) is 0 Å². The van der Waals surface area contributed by atoms with Crippen LogP contribution in [-0.2, 0) is 4.79 Å². The third-order valence-corrected chi connectivity index (χ3v) is 2.48. The van der Waals surface area contributed by atoms with E-state index in [4.69, 9.17) is 21.2 Å². The Kier molecular flexibility index (Phi) is 3.82. The monoisotopic (exact) mass is 263 g/mol. The standard InChI is InChI=1S/C13H10ClNO3/c14-10-3-1-2-9(8-10)12-6-4-11(18-12)5-7-13(16)15-17/h1-8,17H,(H,15,16)/b7-5+. The quantitative estimate of drug-likeness (QED) is 0.508. The molecule has 0 aliphatic heterocycles. The lowest BCUT2D eigenvalue weighted by atomic mass is 10.2. The summed E-state index contributed by atoms with van der Waals surface area (Å²) in [5, 5.41) is 8.96. The molecule has 1 aromatic heterocycles. The number of carbonyl (C=O) groups is 1. The van der Waals surface area contributed by atoms with Crippen LogP contribution in [0.25, 0.3) is 17.4 Å². The minimum Gasteiger partial charge on any atom is -0.457 e. The average Bonchev–Trinajstić information content (AvgIpc) is 2.84. The topological polar surface area (TPSA) is 62.5 Å². The second kappa shape index (κ2) is 5.53. The summed E-state index contributed by atoms with van der Waals surface area (Å²) in [5.74, 6) is 0.547. The molecule has 1 heterocycles. The Labute approximate surface area is 108 Å². The molecule has 0 fully saturated rings. The Bertz CT molecular complexity index is 589. The van der Waals surface area contributed by atoms with Gasteiger partial charge in [-0.25, -0.2) is 5.48 Å². The molecule has 5 heteroatoms. The summed E-state index contributed by atoms with van der Waals surface area (Å²) < 4.78 is 5.51. The molecule has 0 saturated heterocycles. The fourth-order valence-electron chi connectivity index (χ4n) is 1.43. The van der Waals surface area contributed by atoms with Crippen LogP contribution in [0.1, 0.15) is 5.76 Å². The molecule has 0 atom stereocenters. The summed E-state index contributed by atoms with van der Waals surface area (Å²) in [4.78, 5) is 10.8. The number of nitrogens with one attached hydrogen (secondary N) is 1. The first kappa shape index (κ1) is 12.4. The van der Waals surface area contributed by atoms with E-state index in [0.717, 1.165) is 5.56 Å². The summed E-state index contributed by atoms with van der Waals surface area (Å²) in [5.41, 5.74) is 2.35. The van der Waals surface area contributed by atoms with Crippen LogP contribution < -0.4 is 5.48 Å². The highest BCUT2D eigenvalue weighted by Crippen LogP contribution is 2.25. The summed E-state index contributed by atoms with van der Waals surface area (Å²) in [7, 11) is 0. The van der Waals surface area contributed by atoms with Gasteiger partial charge >= 0.3 is 0 Å². The summed E-state index contributed by atoms with van der Waals surface area (Å²) >= 11 is 5.89. The van der Waals surface area contributed by atoms with Gasteiger partial charge in [0.1, 0.15) is 11.5 Å². The number of hydrogen-bond acceptors (Lipinski definition) is 3. The van der Waals surface area contributed by atoms with Gasteiger partial charge in [-0.05, 0) is 30.3 Å². The van der Waals surface area contributed by atoms with Gasteiger partial charge in [0.25, 0.3) is 5.91 Å². The molecule has 1 amide bonds. The maximum absolute atomic E-state index is 10.8. The Morgan fingerprint density at radius 3 is 2.89 bits per heavy atom. The van der Waals surface area contributed by atoms with Gasteiger partial charge in [-0.3, -0.25) is 10.0 Å². The molecule has 0 saturated carbocycles. The molecule has 0 bridgehead atoms. The van der Waals surface area contributed by atoms with Crippen LogP contribution >= 0.6 is 11.6 Å². The first-order chi connectivity index (χ1) is 8.69. The van der Waals surface area contributed by atoms with Crippen molar-refractivity contribution in [1.29, 1.82) is 0 Å². The maximum atomic E-state index is 10.8. The zero-order chi connectivity index (χ0) is 13.0. The van der Waals surface area contributed by atoms with Crippen LogP contribution in [0.2, 0.25) is 5.02 Å². The molecule has 0 aliphatic carbocycles. The highest BCUT2D eigenvalue weighted by atomic mass is 35.5. The van der Waals surface area contributed by atoms with Crippen LogP contribution in [0.5, 0.6) is 0 Å². The number of hydrogen-bond donors (Lipinski definition) is 2. The predicted octanol–water partition coefficient (Wildman–Crippen LogP) is 3.12. The third kappa shape index (κ3) is 3.00. The molecule has 2 rings (SSSR count). The summed E-state index contributed by atoms with van der Waals surface area (Å²) in [6, 6.07) is 10.8. The molecule has 0 aliphatic rings. The smallest absolute Gasteiger partial charge is 0.267 e. The van der Waals surface area contributed by atoms with Crippen LogP contribution in [0.3, 0.4) is 0 Å². The number of hydroxylamine groups is 1. The van der Waals surface area contributed by atoms with Crippen molar-refractivity contribution in [1.82, 2.24) is 5.48 Å². The lowest BCUT2D eigenvalue weighted by Crippen LogP contribution is -2.14. The molecule has 18 heavy (non-hydrogen) atoms. The minimum absolute atomic E-state index is 0.508. The van der Waals surface area contributed by atoms with Crippen molar-refractivity contribution in [2.75, 3.05) is 0 Å². The molecule has 2 N–H and O–H groups in total. The summed E-state index contributed by atoms with van der Waals surface area (Å²) in [6.45, 7) is 0. The Morgan fingerprint density at radius 2 is 2.17 bits per heavy atom. The fraction of sp³-hybridized carbons (Fsp3) is 0. The van der Waals surface area contributed by atoms with Gasteiger partial charge in [0.2, 0.25) is 0 Å². The Hall–Kier alpha value is -2.04. The molecule has 0 spiro atoms. The lowest BCUT2D eigenvalue weighted by molar-refractivity contribution is -0.124. The van der Waals surface area contributed by atoms with Gasteiger partial charge in [0.05, 0.1) is 0 Å². The molecule has 4 nitrogen and oxygen atoms in total. The second-order valence-electron chi connectivity index (χ2n) is 3.52. The van der Waals surface area contributed by atoms with E-state index in [1.165, 1.54) is 17.6 Å². The SMILES string of the molecule is O=C(/C=C/c1ccc(-c2cccc(Cl)c2)o1)NO. The Morgan fingerprint density at radius 1 is 1.33 bits per heavy atom. The fourth-order valence-corrected chi connectivity index (χ4v) is 1.62. The molecular weight excluding hydrogens is 254 g/mol. The molecule has 2 aromatic rings. The van der Waals surface area contributed by atoms with E-state index in [1.807, 2.05) is 12.1 Å². The third-order valence-electron chi connectivity index (χ3n) is 2.25. The van der Waals surface area contributed by atoms with E-state index in [2.05, 4.69) is 0 Å². The molecular formula is C13H10ClNO3. The average molecular weight is 264 g/mol. The van der Waals surface area contributed by atoms with Crippen molar-refractivity contribution in [2.45, 2.75) is 0 Å². The first-order valence-corrected chi connectivity index (χ1v) is 5.55. The van der Waals surface area contributed by atoms with Crippen molar-refractivity contribution in [3.05, 3.63) is 53.3 Å². The zero-order valence-electron chi connectivity index (χ0n) is 9.26. The van der Waals surface area contributed by atoms with E-state index in [1.54, 1.807) is 24.3 Å². The van der Waals surface area contributed by atoms with Gasteiger partial charge in [0, 0.05) is 16.7 Å². The largest absolute Gasteiger partial charge is 0.457 e. The van der Waals surface area contributed by atoms with Crippen molar-refractivity contribution in [3.63, 3.8) is 0 Å². The number of carbonyl (C=O) groups excluding carboxylic acids is 1. The van der Waals surface area contributed by atoms with E-state index in [-0.39, 0.29) is 0 Å². The molecule has 92 valence electrons. The van der Waals surface area contributed by atoms with Gasteiger partial charge in [-0.1, -0.05) is 23.7 Å². The zero-order valence-corrected chi connectivity index (χ0v) is 10.0. The second-order valence-corrected chi connectivity index (χ2v) is 3.96. The molecule has 0 radical (unpaired) electrons.